The third-order valence-electron chi connectivity index (χ3n) is 1.77. The fraction of sp³-hybridized carbons (Fsp3) is 0.400. The SMILES string of the molecule is CCOC(=O)Cc1ncc(Cl)cc1C. The summed E-state index contributed by atoms with van der Waals surface area (Å²) in [5, 5.41) is 0.579. The van der Waals surface area contributed by atoms with Crippen molar-refractivity contribution in [1.82, 2.24) is 4.98 Å². The Kier molecular flexibility index (Phi) is 3.89. The Balaban J connectivity index is 2.72. The highest BCUT2D eigenvalue weighted by molar-refractivity contribution is 6.30. The highest BCUT2D eigenvalue weighted by Crippen LogP contribution is 2.12. The smallest absolute Gasteiger partial charge is 0.311 e. The van der Waals surface area contributed by atoms with Gasteiger partial charge in [-0.3, -0.25) is 9.78 Å². The molecule has 0 saturated heterocycles. The van der Waals surface area contributed by atoms with Gasteiger partial charge in [-0.15, -0.1) is 0 Å². The van der Waals surface area contributed by atoms with Gasteiger partial charge in [0, 0.05) is 6.20 Å². The van der Waals surface area contributed by atoms with E-state index in [4.69, 9.17) is 16.3 Å². The summed E-state index contributed by atoms with van der Waals surface area (Å²) in [6, 6.07) is 1.78. The molecule has 14 heavy (non-hydrogen) atoms. The van der Waals surface area contributed by atoms with E-state index in [2.05, 4.69) is 4.98 Å². The number of aryl methyl sites for hydroxylation is 1. The van der Waals surface area contributed by atoms with Crippen LogP contribution in [0.15, 0.2) is 12.3 Å². The van der Waals surface area contributed by atoms with Crippen LogP contribution in [0.5, 0.6) is 0 Å². The maximum atomic E-state index is 11.2. The predicted octanol–water partition coefficient (Wildman–Crippen LogP) is 2.15. The molecule has 0 spiro atoms. The molecule has 3 nitrogen and oxygen atoms in total. The number of pyridine rings is 1. The average Bonchev–Trinajstić information content (AvgIpc) is 2.10. The quantitative estimate of drug-likeness (QED) is 0.723. The van der Waals surface area contributed by atoms with Crippen LogP contribution in [0.1, 0.15) is 18.2 Å². The second-order valence-electron chi connectivity index (χ2n) is 2.90. The molecule has 1 rings (SSSR count). The molecular weight excluding hydrogens is 202 g/mol. The molecule has 0 fully saturated rings. The highest BCUT2D eigenvalue weighted by atomic mass is 35.5. The monoisotopic (exact) mass is 213 g/mol. The Hall–Kier alpha value is -1.09. The van der Waals surface area contributed by atoms with Gasteiger partial charge in [0.2, 0.25) is 0 Å². The van der Waals surface area contributed by atoms with Crippen molar-refractivity contribution in [3.8, 4) is 0 Å². The molecule has 0 amide bonds. The number of ether oxygens (including phenoxy) is 1. The Morgan fingerprint density at radius 2 is 2.36 bits per heavy atom. The Morgan fingerprint density at radius 1 is 1.64 bits per heavy atom. The lowest BCUT2D eigenvalue weighted by atomic mass is 10.2. The average molecular weight is 214 g/mol. The summed E-state index contributed by atoms with van der Waals surface area (Å²) in [5.74, 6) is -0.259. The van der Waals surface area contributed by atoms with Gasteiger partial charge in [-0.1, -0.05) is 11.6 Å². The van der Waals surface area contributed by atoms with Gasteiger partial charge in [-0.05, 0) is 25.5 Å². The van der Waals surface area contributed by atoms with Crippen LogP contribution in [0, 0.1) is 6.92 Å². The van der Waals surface area contributed by atoms with E-state index in [1.54, 1.807) is 13.0 Å². The molecule has 0 bridgehead atoms. The number of esters is 1. The molecule has 0 aliphatic heterocycles. The van der Waals surface area contributed by atoms with Gasteiger partial charge < -0.3 is 4.74 Å². The van der Waals surface area contributed by atoms with Crippen LogP contribution in [0.3, 0.4) is 0 Å². The molecule has 1 heterocycles. The van der Waals surface area contributed by atoms with Crippen molar-refractivity contribution in [2.45, 2.75) is 20.3 Å². The van der Waals surface area contributed by atoms with Gasteiger partial charge in [-0.25, -0.2) is 0 Å². The van der Waals surface area contributed by atoms with E-state index < -0.39 is 0 Å². The molecule has 1 aromatic heterocycles. The zero-order chi connectivity index (χ0) is 10.6. The summed E-state index contributed by atoms with van der Waals surface area (Å²) in [5.41, 5.74) is 1.62. The summed E-state index contributed by atoms with van der Waals surface area (Å²) in [6.45, 7) is 4.04. The van der Waals surface area contributed by atoms with E-state index in [-0.39, 0.29) is 12.4 Å². The first kappa shape index (κ1) is 11.0. The van der Waals surface area contributed by atoms with Crippen molar-refractivity contribution < 1.29 is 9.53 Å². The molecule has 0 atom stereocenters. The van der Waals surface area contributed by atoms with Crippen LogP contribution in [-0.4, -0.2) is 17.6 Å². The fourth-order valence-corrected chi connectivity index (χ4v) is 1.32. The van der Waals surface area contributed by atoms with Crippen molar-refractivity contribution in [1.29, 1.82) is 0 Å². The van der Waals surface area contributed by atoms with E-state index in [1.165, 1.54) is 6.20 Å². The molecule has 0 radical (unpaired) electrons. The van der Waals surface area contributed by atoms with Gasteiger partial charge >= 0.3 is 5.97 Å². The second kappa shape index (κ2) is 4.96. The molecule has 76 valence electrons. The van der Waals surface area contributed by atoms with Gasteiger partial charge in [-0.2, -0.15) is 0 Å². The summed E-state index contributed by atoms with van der Waals surface area (Å²) < 4.78 is 4.82. The minimum absolute atomic E-state index is 0.205. The molecule has 0 unspecified atom stereocenters. The molecule has 0 aliphatic carbocycles. The Bertz CT molecular complexity index is 339. The van der Waals surface area contributed by atoms with Gasteiger partial charge in [0.1, 0.15) is 0 Å². The van der Waals surface area contributed by atoms with E-state index in [0.717, 1.165) is 5.56 Å². The van der Waals surface area contributed by atoms with Crippen LogP contribution in [0.25, 0.3) is 0 Å². The molecule has 0 aromatic carbocycles. The molecule has 0 aliphatic rings. The van der Waals surface area contributed by atoms with Crippen molar-refractivity contribution in [2.75, 3.05) is 6.61 Å². The minimum atomic E-state index is -0.259. The summed E-state index contributed by atoms with van der Waals surface area (Å²) in [7, 11) is 0. The number of aromatic nitrogens is 1. The van der Waals surface area contributed by atoms with E-state index >= 15 is 0 Å². The van der Waals surface area contributed by atoms with Gasteiger partial charge in [0.15, 0.2) is 0 Å². The van der Waals surface area contributed by atoms with Crippen LogP contribution >= 0.6 is 11.6 Å². The number of halogens is 1. The van der Waals surface area contributed by atoms with Crippen molar-refractivity contribution in [3.63, 3.8) is 0 Å². The molecule has 0 saturated carbocycles. The lowest BCUT2D eigenvalue weighted by molar-refractivity contribution is -0.142. The standard InChI is InChI=1S/C10H12ClNO2/c1-3-14-10(13)5-9-7(2)4-8(11)6-12-9/h4,6H,3,5H2,1-2H3. The third kappa shape index (κ3) is 3.00. The first-order valence-electron chi connectivity index (χ1n) is 4.40. The van der Waals surface area contributed by atoms with E-state index in [0.29, 0.717) is 17.3 Å². The largest absolute Gasteiger partial charge is 0.466 e. The Morgan fingerprint density at radius 3 is 2.93 bits per heavy atom. The number of hydrogen-bond donors (Lipinski definition) is 0. The van der Waals surface area contributed by atoms with Crippen molar-refractivity contribution in [3.05, 3.63) is 28.5 Å². The first-order chi connectivity index (χ1) is 6.63. The number of nitrogens with zero attached hydrogens (tertiary/aromatic N) is 1. The summed E-state index contributed by atoms with van der Waals surface area (Å²) in [6.07, 6.45) is 1.74. The second-order valence-corrected chi connectivity index (χ2v) is 3.34. The molecule has 0 N–H and O–H groups in total. The van der Waals surface area contributed by atoms with Crippen molar-refractivity contribution >= 4 is 17.6 Å². The zero-order valence-corrected chi connectivity index (χ0v) is 8.97. The van der Waals surface area contributed by atoms with Crippen LogP contribution < -0.4 is 0 Å². The number of carbonyl (C=O) groups excluding carboxylic acids is 1. The Labute approximate surface area is 88.1 Å². The first-order valence-corrected chi connectivity index (χ1v) is 4.78. The predicted molar refractivity (Wildman–Crippen MR) is 54.3 cm³/mol. The minimum Gasteiger partial charge on any atom is -0.466 e. The lowest BCUT2D eigenvalue weighted by Crippen LogP contribution is -2.09. The topological polar surface area (TPSA) is 39.2 Å². The van der Waals surface area contributed by atoms with E-state index in [1.807, 2.05) is 6.92 Å². The molecular formula is C10H12ClNO2. The van der Waals surface area contributed by atoms with E-state index in [9.17, 15) is 4.79 Å². The number of rotatable bonds is 3. The van der Waals surface area contributed by atoms with Crippen LogP contribution in [-0.2, 0) is 16.0 Å². The molecule has 4 heteroatoms. The van der Waals surface area contributed by atoms with Crippen LogP contribution in [0.2, 0.25) is 5.02 Å². The molecule has 1 aromatic rings. The van der Waals surface area contributed by atoms with Gasteiger partial charge in [0.25, 0.3) is 0 Å². The maximum absolute atomic E-state index is 11.2. The number of carbonyl (C=O) groups is 1. The van der Waals surface area contributed by atoms with Gasteiger partial charge in [0.05, 0.1) is 23.7 Å². The zero-order valence-electron chi connectivity index (χ0n) is 8.21. The number of hydrogen-bond acceptors (Lipinski definition) is 3. The highest BCUT2D eigenvalue weighted by Gasteiger charge is 2.07. The maximum Gasteiger partial charge on any atom is 0.311 e. The summed E-state index contributed by atoms with van der Waals surface area (Å²) >= 11 is 5.74. The normalized spacial score (nSPS) is 9.93. The lowest BCUT2D eigenvalue weighted by Gasteiger charge is -2.04. The fourth-order valence-electron chi connectivity index (χ4n) is 1.10. The van der Waals surface area contributed by atoms with Crippen molar-refractivity contribution in [2.24, 2.45) is 0 Å². The summed E-state index contributed by atoms with van der Waals surface area (Å²) in [4.78, 5) is 15.2. The third-order valence-corrected chi connectivity index (χ3v) is 1.98. The van der Waals surface area contributed by atoms with Crippen LogP contribution in [0.4, 0.5) is 0 Å².